The van der Waals surface area contributed by atoms with Crippen LogP contribution in [0.5, 0.6) is 0 Å². The van der Waals surface area contributed by atoms with Gasteiger partial charge in [-0.15, -0.1) is 0 Å². The molecule has 0 aliphatic carbocycles. The summed E-state index contributed by atoms with van der Waals surface area (Å²) in [4.78, 5) is 17.7. The van der Waals surface area contributed by atoms with E-state index in [1.807, 2.05) is 25.1 Å². The molecule has 0 aliphatic rings. The van der Waals surface area contributed by atoms with Crippen LogP contribution in [0.25, 0.3) is 10.2 Å². The maximum atomic E-state index is 12.6. The second-order valence-electron chi connectivity index (χ2n) is 5.58. The van der Waals surface area contributed by atoms with Crippen LogP contribution >= 0.6 is 27.3 Å². The Bertz CT molecular complexity index is 975. The molecule has 3 rings (SSSR count). The highest BCUT2D eigenvalue weighted by molar-refractivity contribution is 9.10. The molecule has 2 aromatic carbocycles. The van der Waals surface area contributed by atoms with Crippen molar-refractivity contribution < 1.29 is 9.53 Å². The maximum absolute atomic E-state index is 12.6. The number of para-hydroxylation sites is 1. The van der Waals surface area contributed by atoms with Crippen LogP contribution in [0.4, 0.5) is 0 Å². The number of ether oxygens (including phenoxy) is 1. The van der Waals surface area contributed by atoms with E-state index in [0.29, 0.717) is 30.1 Å². The van der Waals surface area contributed by atoms with Crippen molar-refractivity contribution in [3.8, 4) is 0 Å². The van der Waals surface area contributed by atoms with Crippen LogP contribution in [0.2, 0.25) is 0 Å². The summed E-state index contributed by atoms with van der Waals surface area (Å²) < 4.78 is 9.58. The number of nitrogens with zero attached hydrogens (tertiary/aromatic N) is 2. The third-order valence-corrected chi connectivity index (χ3v) is 5.37. The summed E-state index contributed by atoms with van der Waals surface area (Å²) in [6.45, 7) is 5.99. The number of hydrogen-bond donors (Lipinski definition) is 0. The fourth-order valence-corrected chi connectivity index (χ4v) is 4.20. The Labute approximate surface area is 158 Å². The van der Waals surface area contributed by atoms with Crippen LogP contribution in [0.3, 0.4) is 0 Å². The first-order valence-corrected chi connectivity index (χ1v) is 9.72. The van der Waals surface area contributed by atoms with Crippen LogP contribution in [0.15, 0.2) is 51.9 Å². The Hall–Kier alpha value is -1.76. The predicted molar refractivity (Wildman–Crippen MR) is 105 cm³/mol. The summed E-state index contributed by atoms with van der Waals surface area (Å²) in [7, 11) is 0. The number of aryl methyl sites for hydroxylation is 1. The van der Waals surface area contributed by atoms with Crippen LogP contribution in [0, 0.1) is 6.92 Å². The zero-order valence-electron chi connectivity index (χ0n) is 14.2. The van der Waals surface area contributed by atoms with Gasteiger partial charge in [-0.3, -0.25) is 4.79 Å². The molecule has 0 saturated heterocycles. The van der Waals surface area contributed by atoms with Crippen molar-refractivity contribution in [3.63, 3.8) is 0 Å². The Morgan fingerprint density at radius 1 is 1.28 bits per heavy atom. The monoisotopic (exact) mass is 418 g/mol. The highest BCUT2D eigenvalue weighted by Crippen LogP contribution is 2.21. The highest BCUT2D eigenvalue weighted by Gasteiger charge is 2.11. The number of benzene rings is 2. The molecule has 25 heavy (non-hydrogen) atoms. The van der Waals surface area contributed by atoms with Gasteiger partial charge >= 0.3 is 0 Å². The summed E-state index contributed by atoms with van der Waals surface area (Å²) >= 11 is 4.93. The molecule has 4 nitrogen and oxygen atoms in total. The van der Waals surface area contributed by atoms with Gasteiger partial charge in [-0.25, -0.2) is 0 Å². The van der Waals surface area contributed by atoms with E-state index < -0.39 is 0 Å². The van der Waals surface area contributed by atoms with Gasteiger partial charge in [0.2, 0.25) is 0 Å². The molecule has 0 saturated carbocycles. The summed E-state index contributed by atoms with van der Waals surface area (Å²) in [6.07, 6.45) is 0. The van der Waals surface area contributed by atoms with Crippen molar-refractivity contribution >= 4 is 43.4 Å². The fourth-order valence-electron chi connectivity index (χ4n) is 2.67. The van der Waals surface area contributed by atoms with Crippen molar-refractivity contribution in [2.75, 3.05) is 13.2 Å². The molecule has 0 bridgehead atoms. The molecular weight excluding hydrogens is 400 g/mol. The number of fused-ring (bicyclic) bond motifs is 1. The number of rotatable bonds is 5. The van der Waals surface area contributed by atoms with Crippen molar-refractivity contribution in [3.05, 3.63) is 62.9 Å². The first kappa shape index (κ1) is 18.0. The number of halogens is 1. The molecule has 3 aromatic rings. The molecule has 1 amide bonds. The lowest BCUT2D eigenvalue weighted by Crippen LogP contribution is -2.20. The average molecular weight is 419 g/mol. The Morgan fingerprint density at radius 2 is 2.08 bits per heavy atom. The predicted octanol–water partition coefficient (Wildman–Crippen LogP) is 4.55. The third kappa shape index (κ3) is 4.08. The topological polar surface area (TPSA) is 43.6 Å². The van der Waals surface area contributed by atoms with Gasteiger partial charge < -0.3 is 9.30 Å². The molecule has 0 N–H and O–H groups in total. The van der Waals surface area contributed by atoms with E-state index >= 15 is 0 Å². The largest absolute Gasteiger partial charge is 0.380 e. The summed E-state index contributed by atoms with van der Waals surface area (Å²) in [5, 5.41) is 0. The molecule has 0 fully saturated rings. The van der Waals surface area contributed by atoms with E-state index in [0.717, 1.165) is 14.7 Å². The molecule has 130 valence electrons. The van der Waals surface area contributed by atoms with E-state index in [-0.39, 0.29) is 5.91 Å². The second kappa shape index (κ2) is 8.08. The van der Waals surface area contributed by atoms with Crippen LogP contribution in [-0.4, -0.2) is 23.7 Å². The summed E-state index contributed by atoms with van der Waals surface area (Å²) in [6, 6.07) is 13.5. The molecule has 0 unspecified atom stereocenters. The molecule has 0 atom stereocenters. The van der Waals surface area contributed by atoms with Crippen molar-refractivity contribution in [2.45, 2.75) is 20.4 Å². The fraction of sp³-hybridized carbons (Fsp3) is 0.263. The first-order chi connectivity index (χ1) is 12.1. The van der Waals surface area contributed by atoms with Gasteiger partial charge in [-0.1, -0.05) is 45.5 Å². The molecule has 0 aliphatic heterocycles. The zero-order valence-corrected chi connectivity index (χ0v) is 16.6. The van der Waals surface area contributed by atoms with Gasteiger partial charge in [0.05, 0.1) is 16.8 Å². The Kier molecular flexibility index (Phi) is 5.83. The minimum Gasteiger partial charge on any atom is -0.380 e. The number of hydrogen-bond acceptors (Lipinski definition) is 3. The smallest absolute Gasteiger partial charge is 0.279 e. The van der Waals surface area contributed by atoms with Crippen LogP contribution in [0.1, 0.15) is 22.8 Å². The quantitative estimate of drug-likeness (QED) is 0.570. The Morgan fingerprint density at radius 3 is 2.84 bits per heavy atom. The second-order valence-corrected chi connectivity index (χ2v) is 7.51. The molecular formula is C19H19BrN2O2S. The van der Waals surface area contributed by atoms with Gasteiger partial charge in [0, 0.05) is 23.2 Å². The van der Waals surface area contributed by atoms with E-state index in [1.54, 1.807) is 12.1 Å². The normalized spacial score (nSPS) is 12.0. The lowest BCUT2D eigenvalue weighted by Gasteiger charge is -2.07. The number of amides is 1. The Balaban J connectivity index is 2.09. The van der Waals surface area contributed by atoms with E-state index in [1.165, 1.54) is 16.9 Å². The van der Waals surface area contributed by atoms with Crippen LogP contribution < -0.4 is 4.80 Å². The number of thiazole rings is 1. The number of carbonyl (C=O) groups is 1. The minimum absolute atomic E-state index is 0.240. The zero-order chi connectivity index (χ0) is 17.8. The van der Waals surface area contributed by atoms with Gasteiger partial charge in [0.25, 0.3) is 5.91 Å². The van der Waals surface area contributed by atoms with E-state index in [2.05, 4.69) is 44.5 Å². The van der Waals surface area contributed by atoms with E-state index in [4.69, 9.17) is 4.74 Å². The average Bonchev–Trinajstić information content (AvgIpc) is 2.94. The van der Waals surface area contributed by atoms with E-state index in [9.17, 15) is 4.79 Å². The van der Waals surface area contributed by atoms with Crippen LogP contribution in [-0.2, 0) is 11.3 Å². The molecule has 0 radical (unpaired) electrons. The third-order valence-electron chi connectivity index (χ3n) is 3.83. The van der Waals surface area contributed by atoms with Crippen molar-refractivity contribution in [2.24, 2.45) is 4.99 Å². The number of aromatic nitrogens is 1. The first-order valence-electron chi connectivity index (χ1n) is 8.11. The minimum atomic E-state index is -0.240. The maximum Gasteiger partial charge on any atom is 0.279 e. The van der Waals surface area contributed by atoms with Gasteiger partial charge in [-0.05, 0) is 43.7 Å². The molecule has 6 heteroatoms. The molecule has 1 heterocycles. The summed E-state index contributed by atoms with van der Waals surface area (Å²) in [5.41, 5.74) is 2.86. The van der Waals surface area contributed by atoms with Gasteiger partial charge in [-0.2, -0.15) is 4.99 Å². The lowest BCUT2D eigenvalue weighted by molar-refractivity contribution is 0.0996. The molecule has 1 aromatic heterocycles. The van der Waals surface area contributed by atoms with Crippen molar-refractivity contribution in [1.29, 1.82) is 0 Å². The van der Waals surface area contributed by atoms with Gasteiger partial charge in [0.15, 0.2) is 4.80 Å². The van der Waals surface area contributed by atoms with Gasteiger partial charge in [0.1, 0.15) is 0 Å². The van der Waals surface area contributed by atoms with Crippen molar-refractivity contribution in [1.82, 2.24) is 4.57 Å². The SMILES string of the molecule is CCOCCn1c(=NC(=O)c2cccc(Br)c2)sc2cccc(C)c21. The summed E-state index contributed by atoms with van der Waals surface area (Å²) in [5.74, 6) is -0.240. The highest BCUT2D eigenvalue weighted by atomic mass is 79.9. The number of carbonyl (C=O) groups excluding carboxylic acids is 1. The standard InChI is InChI=1S/C19H19BrN2O2S/c1-3-24-11-10-22-17-13(2)6-4-9-16(17)25-19(22)21-18(23)14-7-5-8-15(20)12-14/h4-9,12H,3,10-11H2,1-2H3. The molecule has 0 spiro atoms. The lowest BCUT2D eigenvalue weighted by atomic mass is 10.2.